The Morgan fingerprint density at radius 1 is 1.32 bits per heavy atom. The van der Waals surface area contributed by atoms with Gasteiger partial charge in [-0.3, -0.25) is 4.98 Å². The number of nitrogens with zero attached hydrogens (tertiary/aromatic N) is 1. The Morgan fingerprint density at radius 2 is 2.16 bits per heavy atom. The summed E-state index contributed by atoms with van der Waals surface area (Å²) >= 11 is 6.08. The van der Waals surface area contributed by atoms with E-state index in [2.05, 4.69) is 18.0 Å². The molecule has 1 heterocycles. The highest BCUT2D eigenvalue weighted by Gasteiger charge is 2.17. The average molecular weight is 273 g/mol. The number of anilines is 1. The van der Waals surface area contributed by atoms with Crippen LogP contribution in [0.2, 0.25) is 5.02 Å². The summed E-state index contributed by atoms with van der Waals surface area (Å²) in [5.41, 5.74) is 4.81. The van der Waals surface area contributed by atoms with Crippen molar-refractivity contribution in [3.63, 3.8) is 0 Å². The SMILES string of the molecule is C=CCNc1c2c(nc3cc(Cl)ccc13)CCCC2. The van der Waals surface area contributed by atoms with Gasteiger partial charge >= 0.3 is 0 Å². The maximum atomic E-state index is 6.08. The van der Waals surface area contributed by atoms with Crippen LogP contribution in [-0.2, 0) is 12.8 Å². The number of pyridine rings is 1. The second kappa shape index (κ2) is 5.22. The van der Waals surface area contributed by atoms with Crippen LogP contribution >= 0.6 is 11.6 Å². The smallest absolute Gasteiger partial charge is 0.0741 e. The fourth-order valence-electron chi connectivity index (χ4n) is 2.77. The van der Waals surface area contributed by atoms with E-state index >= 15 is 0 Å². The molecular formula is C16H17ClN2. The highest BCUT2D eigenvalue weighted by molar-refractivity contribution is 6.31. The van der Waals surface area contributed by atoms with Gasteiger partial charge in [-0.2, -0.15) is 0 Å². The van der Waals surface area contributed by atoms with Gasteiger partial charge in [-0.05, 0) is 49.4 Å². The molecule has 0 bridgehead atoms. The maximum absolute atomic E-state index is 6.08. The molecule has 0 fully saturated rings. The minimum atomic E-state index is 0.741. The molecule has 1 aliphatic rings. The highest BCUT2D eigenvalue weighted by atomic mass is 35.5. The molecule has 0 atom stereocenters. The zero-order chi connectivity index (χ0) is 13.2. The lowest BCUT2D eigenvalue weighted by Gasteiger charge is -2.21. The molecule has 0 radical (unpaired) electrons. The third-order valence-electron chi connectivity index (χ3n) is 3.65. The zero-order valence-corrected chi connectivity index (χ0v) is 11.6. The van der Waals surface area contributed by atoms with Gasteiger partial charge in [0.1, 0.15) is 0 Å². The number of hydrogen-bond donors (Lipinski definition) is 1. The molecule has 2 nitrogen and oxygen atoms in total. The minimum absolute atomic E-state index is 0.741. The van der Waals surface area contributed by atoms with Crippen molar-refractivity contribution in [2.24, 2.45) is 0 Å². The lowest BCUT2D eigenvalue weighted by molar-refractivity contribution is 0.672. The number of aryl methyl sites for hydroxylation is 1. The maximum Gasteiger partial charge on any atom is 0.0741 e. The van der Waals surface area contributed by atoms with Crippen molar-refractivity contribution in [2.75, 3.05) is 11.9 Å². The first-order chi connectivity index (χ1) is 9.29. The minimum Gasteiger partial charge on any atom is -0.381 e. The summed E-state index contributed by atoms with van der Waals surface area (Å²) in [5.74, 6) is 0. The molecule has 2 aromatic rings. The first-order valence-corrected chi connectivity index (χ1v) is 7.13. The Balaban J connectivity index is 2.23. The molecule has 0 saturated heterocycles. The van der Waals surface area contributed by atoms with Crippen LogP contribution in [0.1, 0.15) is 24.1 Å². The number of rotatable bonds is 3. The largest absolute Gasteiger partial charge is 0.381 e. The number of nitrogens with one attached hydrogen (secondary N) is 1. The third-order valence-corrected chi connectivity index (χ3v) is 3.88. The molecule has 1 N–H and O–H groups in total. The molecule has 98 valence electrons. The van der Waals surface area contributed by atoms with Crippen LogP contribution < -0.4 is 5.32 Å². The average Bonchev–Trinajstić information content (AvgIpc) is 2.43. The number of benzene rings is 1. The van der Waals surface area contributed by atoms with Gasteiger partial charge in [-0.25, -0.2) is 0 Å². The van der Waals surface area contributed by atoms with Gasteiger partial charge in [0.25, 0.3) is 0 Å². The van der Waals surface area contributed by atoms with E-state index in [4.69, 9.17) is 16.6 Å². The quantitative estimate of drug-likeness (QED) is 0.840. The van der Waals surface area contributed by atoms with Gasteiger partial charge < -0.3 is 5.32 Å². The first kappa shape index (κ1) is 12.5. The van der Waals surface area contributed by atoms with E-state index < -0.39 is 0 Å². The van der Waals surface area contributed by atoms with Crippen LogP contribution in [-0.4, -0.2) is 11.5 Å². The summed E-state index contributed by atoms with van der Waals surface area (Å²) in [6.07, 6.45) is 6.54. The van der Waals surface area contributed by atoms with Gasteiger partial charge in [0, 0.05) is 28.3 Å². The van der Waals surface area contributed by atoms with E-state index in [0.29, 0.717) is 0 Å². The van der Waals surface area contributed by atoms with Crippen molar-refractivity contribution in [3.05, 3.63) is 47.1 Å². The number of hydrogen-bond acceptors (Lipinski definition) is 2. The molecule has 0 saturated carbocycles. The predicted molar refractivity (Wildman–Crippen MR) is 82.1 cm³/mol. The molecule has 0 spiro atoms. The Kier molecular flexibility index (Phi) is 3.43. The van der Waals surface area contributed by atoms with E-state index in [9.17, 15) is 0 Å². The van der Waals surface area contributed by atoms with E-state index in [1.165, 1.54) is 29.8 Å². The van der Waals surface area contributed by atoms with Crippen LogP contribution in [0.15, 0.2) is 30.9 Å². The number of aromatic nitrogens is 1. The van der Waals surface area contributed by atoms with Gasteiger partial charge in [0.2, 0.25) is 0 Å². The number of fused-ring (bicyclic) bond motifs is 2. The van der Waals surface area contributed by atoms with Crippen molar-refractivity contribution < 1.29 is 0 Å². The van der Waals surface area contributed by atoms with Crippen molar-refractivity contribution >= 4 is 28.2 Å². The van der Waals surface area contributed by atoms with Crippen molar-refractivity contribution in [1.29, 1.82) is 0 Å². The van der Waals surface area contributed by atoms with E-state index in [0.717, 1.165) is 35.3 Å². The third kappa shape index (κ3) is 2.33. The second-order valence-corrected chi connectivity index (χ2v) is 5.39. The molecule has 0 amide bonds. The van der Waals surface area contributed by atoms with Crippen LogP contribution in [0, 0.1) is 0 Å². The Hall–Kier alpha value is -1.54. The van der Waals surface area contributed by atoms with E-state index in [1.807, 2.05) is 18.2 Å². The van der Waals surface area contributed by atoms with Crippen LogP contribution in [0.25, 0.3) is 10.9 Å². The van der Waals surface area contributed by atoms with Crippen molar-refractivity contribution in [1.82, 2.24) is 4.98 Å². The summed E-state index contributed by atoms with van der Waals surface area (Å²) in [6.45, 7) is 4.55. The summed E-state index contributed by atoms with van der Waals surface area (Å²) in [7, 11) is 0. The van der Waals surface area contributed by atoms with Crippen LogP contribution in [0.5, 0.6) is 0 Å². The summed E-state index contributed by atoms with van der Waals surface area (Å²) in [5, 5.41) is 5.38. The molecule has 19 heavy (non-hydrogen) atoms. The molecule has 1 aromatic carbocycles. The van der Waals surface area contributed by atoms with Gasteiger partial charge in [-0.1, -0.05) is 17.7 Å². The van der Waals surface area contributed by atoms with Crippen LogP contribution in [0.4, 0.5) is 5.69 Å². The molecule has 0 unspecified atom stereocenters. The summed E-state index contributed by atoms with van der Waals surface area (Å²) in [4.78, 5) is 4.80. The summed E-state index contributed by atoms with van der Waals surface area (Å²) in [6, 6.07) is 5.94. The lowest BCUT2D eigenvalue weighted by Crippen LogP contribution is -2.11. The van der Waals surface area contributed by atoms with Crippen molar-refractivity contribution in [2.45, 2.75) is 25.7 Å². The zero-order valence-electron chi connectivity index (χ0n) is 10.9. The Morgan fingerprint density at radius 3 is 3.00 bits per heavy atom. The first-order valence-electron chi connectivity index (χ1n) is 6.75. The molecular weight excluding hydrogens is 256 g/mol. The molecule has 1 aromatic heterocycles. The highest BCUT2D eigenvalue weighted by Crippen LogP contribution is 2.34. The van der Waals surface area contributed by atoms with Gasteiger partial charge in [-0.15, -0.1) is 6.58 Å². The van der Waals surface area contributed by atoms with Gasteiger partial charge in [0.05, 0.1) is 5.52 Å². The van der Waals surface area contributed by atoms with Gasteiger partial charge in [0.15, 0.2) is 0 Å². The fraction of sp³-hybridized carbons (Fsp3) is 0.312. The van der Waals surface area contributed by atoms with E-state index in [-0.39, 0.29) is 0 Å². The standard InChI is InChI=1S/C16H17ClN2/c1-2-9-18-16-12-5-3-4-6-14(12)19-15-10-11(17)7-8-13(15)16/h2,7-8,10H,1,3-6,9H2,(H,18,19). The predicted octanol–water partition coefficient (Wildman–Crippen LogP) is 4.36. The lowest BCUT2D eigenvalue weighted by atomic mass is 9.92. The Bertz CT molecular complexity index is 634. The van der Waals surface area contributed by atoms with Crippen LogP contribution in [0.3, 0.4) is 0 Å². The number of halogens is 1. The van der Waals surface area contributed by atoms with E-state index in [1.54, 1.807) is 0 Å². The normalized spacial score (nSPS) is 14.2. The topological polar surface area (TPSA) is 24.9 Å². The monoisotopic (exact) mass is 272 g/mol. The molecule has 3 rings (SSSR count). The second-order valence-electron chi connectivity index (χ2n) is 4.95. The Labute approximate surface area is 118 Å². The summed E-state index contributed by atoms with van der Waals surface area (Å²) < 4.78 is 0. The fourth-order valence-corrected chi connectivity index (χ4v) is 2.94. The molecule has 3 heteroatoms. The van der Waals surface area contributed by atoms with Crippen molar-refractivity contribution in [3.8, 4) is 0 Å². The molecule has 1 aliphatic carbocycles. The molecule has 0 aliphatic heterocycles.